The zero-order valence-electron chi connectivity index (χ0n) is 25.3. The van der Waals surface area contributed by atoms with Gasteiger partial charge in [-0.15, -0.1) is 0 Å². The molecule has 0 spiro atoms. The fraction of sp³-hybridized carbons (Fsp3) is 0.353. The van der Waals surface area contributed by atoms with Crippen molar-refractivity contribution >= 4 is 34.8 Å². The molecule has 2 N–H and O–H groups in total. The van der Waals surface area contributed by atoms with E-state index in [1.165, 1.54) is 12.2 Å². The Kier molecular flexibility index (Phi) is 12.3. The molecule has 1 aromatic carbocycles. The molecule has 0 heterocycles. The maximum absolute atomic E-state index is 13.2. The van der Waals surface area contributed by atoms with Gasteiger partial charge in [0.1, 0.15) is 24.7 Å². The third kappa shape index (κ3) is 8.15. The van der Waals surface area contributed by atoms with E-state index in [1.54, 1.807) is 17.0 Å². The summed E-state index contributed by atoms with van der Waals surface area (Å²) < 4.78 is 10.0. The van der Waals surface area contributed by atoms with Gasteiger partial charge in [-0.1, -0.05) is 52.0 Å². The SMILES string of the molecule is C=CC(=O)OCCN(CCOC(=O)C=C)C1=CC(=O)/C(=C2\C(=O)C(c3ccc(N(CCCC)CCCC)cc3)=C2O)C(O)=C1. The van der Waals surface area contributed by atoms with Gasteiger partial charge in [-0.25, -0.2) is 9.59 Å². The van der Waals surface area contributed by atoms with Crippen LogP contribution >= 0.6 is 0 Å². The Morgan fingerprint density at radius 2 is 1.32 bits per heavy atom. The third-order valence-electron chi connectivity index (χ3n) is 7.24. The van der Waals surface area contributed by atoms with Crippen LogP contribution in [0.5, 0.6) is 0 Å². The number of aliphatic hydroxyl groups excluding tert-OH is 2. The lowest BCUT2D eigenvalue weighted by molar-refractivity contribution is -0.138. The van der Waals surface area contributed by atoms with Gasteiger partial charge in [-0.2, -0.15) is 0 Å². The van der Waals surface area contributed by atoms with Crippen LogP contribution in [0.3, 0.4) is 0 Å². The van der Waals surface area contributed by atoms with Crippen LogP contribution < -0.4 is 4.90 Å². The van der Waals surface area contributed by atoms with Crippen LogP contribution in [0.15, 0.2) is 90.1 Å². The molecule has 0 atom stereocenters. The molecule has 0 bridgehead atoms. The number of rotatable bonds is 17. The number of ketones is 2. The van der Waals surface area contributed by atoms with E-state index in [2.05, 4.69) is 31.9 Å². The molecule has 0 aromatic heterocycles. The maximum atomic E-state index is 13.2. The van der Waals surface area contributed by atoms with Crippen LogP contribution in [0.1, 0.15) is 45.1 Å². The summed E-state index contributed by atoms with van der Waals surface area (Å²) in [5.74, 6) is -3.37. The maximum Gasteiger partial charge on any atom is 0.330 e. The Morgan fingerprint density at radius 3 is 1.77 bits per heavy atom. The number of anilines is 1. The summed E-state index contributed by atoms with van der Waals surface area (Å²) in [5.41, 5.74) is 1.31. The second-order valence-corrected chi connectivity index (χ2v) is 10.2. The van der Waals surface area contributed by atoms with Gasteiger partial charge < -0.3 is 29.5 Å². The van der Waals surface area contributed by atoms with Crippen molar-refractivity contribution < 1.29 is 38.9 Å². The van der Waals surface area contributed by atoms with E-state index in [0.29, 0.717) is 5.56 Å². The number of hydrogen-bond acceptors (Lipinski definition) is 10. The number of benzene rings is 1. The highest BCUT2D eigenvalue weighted by molar-refractivity contribution is 6.41. The Bertz CT molecular complexity index is 1380. The van der Waals surface area contributed by atoms with Gasteiger partial charge in [-0.3, -0.25) is 9.59 Å². The van der Waals surface area contributed by atoms with Crippen LogP contribution in [0.4, 0.5) is 5.69 Å². The van der Waals surface area contributed by atoms with Gasteiger partial charge in [0.25, 0.3) is 0 Å². The predicted molar refractivity (Wildman–Crippen MR) is 168 cm³/mol. The number of esters is 2. The van der Waals surface area contributed by atoms with E-state index >= 15 is 0 Å². The lowest BCUT2D eigenvalue weighted by Crippen LogP contribution is -2.33. The van der Waals surface area contributed by atoms with E-state index in [0.717, 1.165) is 56.6 Å². The molecule has 10 heteroatoms. The normalized spacial score (nSPS) is 16.0. The van der Waals surface area contributed by atoms with Gasteiger partial charge in [0, 0.05) is 48.8 Å². The van der Waals surface area contributed by atoms with Crippen molar-refractivity contribution in [2.24, 2.45) is 0 Å². The first-order valence-corrected chi connectivity index (χ1v) is 14.7. The summed E-state index contributed by atoms with van der Waals surface area (Å²) in [5, 5.41) is 21.8. The van der Waals surface area contributed by atoms with Crippen molar-refractivity contribution in [1.29, 1.82) is 0 Å². The Hall–Kier alpha value is -4.86. The molecular weight excluding hydrogens is 564 g/mol. The molecule has 2 aliphatic rings. The number of ether oxygens (including phenoxy) is 2. The molecule has 0 unspecified atom stereocenters. The van der Waals surface area contributed by atoms with Crippen molar-refractivity contribution in [2.75, 3.05) is 44.3 Å². The summed E-state index contributed by atoms with van der Waals surface area (Å²) in [7, 11) is 0. The average molecular weight is 605 g/mol. The van der Waals surface area contributed by atoms with Gasteiger partial charge in [0.15, 0.2) is 5.78 Å². The highest BCUT2D eigenvalue weighted by Crippen LogP contribution is 2.41. The topological polar surface area (TPSA) is 134 Å². The van der Waals surface area contributed by atoms with E-state index in [9.17, 15) is 29.4 Å². The van der Waals surface area contributed by atoms with Crippen LogP contribution in [-0.2, 0) is 28.7 Å². The van der Waals surface area contributed by atoms with E-state index in [-0.39, 0.29) is 54.5 Å². The van der Waals surface area contributed by atoms with E-state index < -0.39 is 29.3 Å². The van der Waals surface area contributed by atoms with Crippen molar-refractivity contribution in [3.8, 4) is 0 Å². The van der Waals surface area contributed by atoms with Gasteiger partial charge in [0.2, 0.25) is 5.78 Å². The smallest absolute Gasteiger partial charge is 0.330 e. The van der Waals surface area contributed by atoms with Crippen LogP contribution in [-0.4, -0.2) is 78.0 Å². The number of nitrogens with zero attached hydrogens (tertiary/aromatic N) is 2. The fourth-order valence-corrected chi connectivity index (χ4v) is 4.83. The average Bonchev–Trinajstić information content (AvgIpc) is 3.02. The standard InChI is InChI=1S/C34H40N2O8/c1-5-9-15-35(16-10-6-2)24-13-11-23(12-14-24)30-33(41)32(34(30)42)31-26(37)21-25(22-27(31)38)36(17-19-43-28(39)7-3)18-20-44-29(40)8-4/h7-8,11-14,21-22,37,41H,3-6,9-10,15-20H2,1-2H3/b32-31-. The van der Waals surface area contributed by atoms with Crippen LogP contribution in [0.25, 0.3) is 5.57 Å². The Balaban J connectivity index is 1.83. The monoisotopic (exact) mass is 604 g/mol. The number of aliphatic hydroxyl groups is 2. The predicted octanol–water partition coefficient (Wildman–Crippen LogP) is 4.91. The molecule has 0 saturated carbocycles. The van der Waals surface area contributed by atoms with Crippen LogP contribution in [0.2, 0.25) is 0 Å². The molecule has 44 heavy (non-hydrogen) atoms. The van der Waals surface area contributed by atoms with Crippen LogP contribution in [0, 0.1) is 0 Å². The summed E-state index contributed by atoms with van der Waals surface area (Å²) >= 11 is 0. The highest BCUT2D eigenvalue weighted by Gasteiger charge is 2.40. The lowest BCUT2D eigenvalue weighted by Gasteiger charge is -2.29. The molecule has 1 aromatic rings. The zero-order valence-corrected chi connectivity index (χ0v) is 25.3. The lowest BCUT2D eigenvalue weighted by atomic mass is 9.78. The number of hydrogen-bond donors (Lipinski definition) is 2. The van der Waals surface area contributed by atoms with Gasteiger partial charge in [-0.05, 0) is 30.5 Å². The van der Waals surface area contributed by atoms with Crippen molar-refractivity contribution in [2.45, 2.75) is 39.5 Å². The zero-order chi connectivity index (χ0) is 32.2. The number of Topliss-reactive ketones (excluding diaryl/α,β-unsaturated/α-hetero) is 1. The minimum Gasteiger partial charge on any atom is -0.507 e. The molecule has 0 saturated heterocycles. The van der Waals surface area contributed by atoms with E-state index in [1.807, 2.05) is 12.1 Å². The molecule has 0 fully saturated rings. The van der Waals surface area contributed by atoms with Gasteiger partial charge in [0.05, 0.1) is 29.8 Å². The molecule has 2 aliphatic carbocycles. The molecule has 0 amide bonds. The molecule has 0 aliphatic heterocycles. The Morgan fingerprint density at radius 1 is 0.773 bits per heavy atom. The second-order valence-electron chi connectivity index (χ2n) is 10.2. The number of allylic oxidation sites excluding steroid dienone is 5. The largest absolute Gasteiger partial charge is 0.507 e. The first kappa shape index (κ1) is 33.6. The number of carbonyl (C=O) groups is 4. The third-order valence-corrected chi connectivity index (χ3v) is 7.24. The Labute approximate surface area is 257 Å². The van der Waals surface area contributed by atoms with Crippen molar-refractivity contribution in [1.82, 2.24) is 4.90 Å². The second kappa shape index (κ2) is 16.1. The number of carbonyl (C=O) groups excluding carboxylic acids is 4. The first-order valence-electron chi connectivity index (χ1n) is 14.7. The first-order chi connectivity index (χ1) is 21.2. The summed E-state index contributed by atoms with van der Waals surface area (Å²) in [6, 6.07) is 7.39. The minimum atomic E-state index is -0.692. The number of unbranched alkanes of at least 4 members (excludes halogenated alkanes) is 2. The molecule has 3 rings (SSSR count). The summed E-state index contributed by atoms with van der Waals surface area (Å²) in [4.78, 5) is 53.2. The van der Waals surface area contributed by atoms with E-state index in [4.69, 9.17) is 9.47 Å². The molecule has 0 radical (unpaired) electrons. The summed E-state index contributed by atoms with van der Waals surface area (Å²) in [6.07, 6.45) is 8.78. The van der Waals surface area contributed by atoms with Crippen molar-refractivity contribution in [3.63, 3.8) is 0 Å². The quantitative estimate of drug-likeness (QED) is 0.187. The summed E-state index contributed by atoms with van der Waals surface area (Å²) in [6.45, 7) is 12.9. The molecule has 234 valence electrons. The molecular formula is C34H40N2O8. The van der Waals surface area contributed by atoms with Crippen molar-refractivity contribution in [3.05, 3.63) is 95.7 Å². The fourth-order valence-electron chi connectivity index (χ4n) is 4.83. The van der Waals surface area contributed by atoms with Gasteiger partial charge >= 0.3 is 11.9 Å². The molecule has 10 nitrogen and oxygen atoms in total. The minimum absolute atomic E-state index is 0.0759. The highest BCUT2D eigenvalue weighted by atomic mass is 16.5.